The van der Waals surface area contributed by atoms with E-state index in [-0.39, 0.29) is 4.90 Å². The van der Waals surface area contributed by atoms with Crippen LogP contribution in [0.5, 0.6) is 0 Å². The van der Waals surface area contributed by atoms with Crippen molar-refractivity contribution in [3.05, 3.63) is 59.7 Å². The lowest BCUT2D eigenvalue weighted by Gasteiger charge is -2.07. The molecule has 0 atom stereocenters. The van der Waals surface area contributed by atoms with E-state index in [9.17, 15) is 8.42 Å². The fourth-order valence-corrected chi connectivity index (χ4v) is 4.89. The van der Waals surface area contributed by atoms with E-state index in [4.69, 9.17) is 5.14 Å². The molecule has 28 heavy (non-hydrogen) atoms. The molecule has 0 aliphatic heterocycles. The Kier molecular flexibility index (Phi) is 4.94. The van der Waals surface area contributed by atoms with Crippen LogP contribution in [0.1, 0.15) is 5.69 Å². The first-order valence-electron chi connectivity index (χ1n) is 8.15. The van der Waals surface area contributed by atoms with Crippen LogP contribution >= 0.6 is 22.7 Å². The van der Waals surface area contributed by atoms with Crippen LogP contribution in [0.15, 0.2) is 58.9 Å². The van der Waals surface area contributed by atoms with Crippen molar-refractivity contribution in [3.63, 3.8) is 0 Å². The third kappa shape index (κ3) is 3.94. The van der Waals surface area contributed by atoms with Gasteiger partial charge in [0.1, 0.15) is 5.01 Å². The summed E-state index contributed by atoms with van der Waals surface area (Å²) in [6.45, 7) is 1.96. The lowest BCUT2D eigenvalue weighted by Crippen LogP contribution is -2.11. The minimum Gasteiger partial charge on any atom is -0.324 e. The molecule has 0 spiro atoms. The molecule has 142 valence electrons. The topological polar surface area (TPSA) is 111 Å². The number of aryl methyl sites for hydroxylation is 1. The molecular weight excluding hydrogens is 414 g/mol. The summed E-state index contributed by atoms with van der Waals surface area (Å²) in [6, 6.07) is 12.0. The summed E-state index contributed by atoms with van der Waals surface area (Å²) in [5.74, 6) is 0.409. The standard InChI is InChI=1S/C18H15N5O2S3/c1-11-16(27-17(21-11)15-3-2-10-26-15)14-8-9-20-18(23-14)22-12-4-6-13(7-5-12)28(19,24)25/h2-10H,1H3,(H2,19,24,25)(H,20,22,23). The summed E-state index contributed by atoms with van der Waals surface area (Å²) in [7, 11) is -3.72. The monoisotopic (exact) mass is 429 g/mol. The number of nitrogens with one attached hydrogen (secondary N) is 1. The van der Waals surface area contributed by atoms with Crippen LogP contribution < -0.4 is 10.5 Å². The summed E-state index contributed by atoms with van der Waals surface area (Å²) < 4.78 is 22.7. The number of hydrogen-bond acceptors (Lipinski definition) is 8. The van der Waals surface area contributed by atoms with Gasteiger partial charge in [-0.2, -0.15) is 0 Å². The Morgan fingerprint density at radius 3 is 2.54 bits per heavy atom. The van der Waals surface area contributed by atoms with Gasteiger partial charge in [0, 0.05) is 11.9 Å². The molecule has 3 heterocycles. The summed E-state index contributed by atoms with van der Waals surface area (Å²) in [4.78, 5) is 15.6. The maximum Gasteiger partial charge on any atom is 0.238 e. The van der Waals surface area contributed by atoms with Crippen LogP contribution in [0.2, 0.25) is 0 Å². The average molecular weight is 430 g/mol. The smallest absolute Gasteiger partial charge is 0.238 e. The van der Waals surface area contributed by atoms with Gasteiger partial charge in [-0.05, 0) is 48.7 Å². The number of rotatable bonds is 5. The Labute approximate surface area is 170 Å². The second-order valence-electron chi connectivity index (χ2n) is 5.87. The third-order valence-corrected chi connectivity index (χ3v) is 7.00. The zero-order valence-electron chi connectivity index (χ0n) is 14.7. The van der Waals surface area contributed by atoms with Crippen molar-refractivity contribution >= 4 is 44.3 Å². The maximum atomic E-state index is 11.4. The second kappa shape index (κ2) is 7.40. The fraction of sp³-hybridized carbons (Fsp3) is 0.0556. The predicted octanol–water partition coefficient (Wildman–Crippen LogP) is 4.03. The van der Waals surface area contributed by atoms with Gasteiger partial charge in [0.15, 0.2) is 0 Å². The zero-order valence-corrected chi connectivity index (χ0v) is 17.1. The van der Waals surface area contributed by atoms with Crippen LogP contribution in [-0.4, -0.2) is 23.4 Å². The van der Waals surface area contributed by atoms with Gasteiger partial charge >= 0.3 is 0 Å². The predicted molar refractivity (Wildman–Crippen MR) is 112 cm³/mol. The van der Waals surface area contributed by atoms with Crippen molar-refractivity contribution < 1.29 is 8.42 Å². The molecule has 3 aromatic heterocycles. The summed E-state index contributed by atoms with van der Waals surface area (Å²) in [5.41, 5.74) is 2.34. The molecule has 0 aliphatic carbocycles. The number of sulfonamides is 1. The van der Waals surface area contributed by atoms with Crippen molar-refractivity contribution in [1.29, 1.82) is 0 Å². The van der Waals surface area contributed by atoms with E-state index < -0.39 is 10.0 Å². The molecule has 0 bridgehead atoms. The van der Waals surface area contributed by atoms with E-state index in [1.807, 2.05) is 30.5 Å². The van der Waals surface area contributed by atoms with E-state index in [1.54, 1.807) is 41.0 Å². The molecule has 0 amide bonds. The highest BCUT2D eigenvalue weighted by Crippen LogP contribution is 2.36. The number of nitrogens with zero attached hydrogens (tertiary/aromatic N) is 3. The van der Waals surface area contributed by atoms with Gasteiger partial charge in [0.25, 0.3) is 0 Å². The van der Waals surface area contributed by atoms with E-state index in [0.717, 1.165) is 26.1 Å². The minimum atomic E-state index is -3.72. The highest BCUT2D eigenvalue weighted by Gasteiger charge is 2.14. The molecule has 0 saturated carbocycles. The SMILES string of the molecule is Cc1nc(-c2cccs2)sc1-c1ccnc(Nc2ccc(S(N)(=O)=O)cc2)n1. The average Bonchev–Trinajstić information content (AvgIpc) is 3.31. The van der Waals surface area contributed by atoms with Crippen molar-refractivity contribution in [2.75, 3.05) is 5.32 Å². The lowest BCUT2D eigenvalue weighted by atomic mass is 10.3. The number of aromatic nitrogens is 3. The van der Waals surface area contributed by atoms with Crippen LogP contribution in [0, 0.1) is 6.92 Å². The van der Waals surface area contributed by atoms with Gasteiger partial charge in [-0.25, -0.2) is 28.5 Å². The maximum absolute atomic E-state index is 11.4. The Bertz CT molecular complexity index is 1220. The highest BCUT2D eigenvalue weighted by molar-refractivity contribution is 7.89. The molecule has 0 radical (unpaired) electrons. The highest BCUT2D eigenvalue weighted by atomic mass is 32.2. The molecule has 0 saturated heterocycles. The molecule has 0 unspecified atom stereocenters. The number of anilines is 2. The molecule has 10 heteroatoms. The molecule has 4 aromatic rings. The first-order chi connectivity index (χ1) is 13.4. The molecule has 4 rings (SSSR count). The van der Waals surface area contributed by atoms with Gasteiger partial charge in [0.2, 0.25) is 16.0 Å². The van der Waals surface area contributed by atoms with Crippen molar-refractivity contribution in [3.8, 4) is 20.5 Å². The number of hydrogen-bond donors (Lipinski definition) is 2. The summed E-state index contributed by atoms with van der Waals surface area (Å²) in [5, 5.41) is 11.2. The van der Waals surface area contributed by atoms with Crippen LogP contribution in [0.4, 0.5) is 11.6 Å². The zero-order chi connectivity index (χ0) is 19.7. The van der Waals surface area contributed by atoms with Crippen LogP contribution in [-0.2, 0) is 10.0 Å². The van der Waals surface area contributed by atoms with Crippen LogP contribution in [0.25, 0.3) is 20.5 Å². The third-order valence-electron chi connectivity index (χ3n) is 3.86. The Balaban J connectivity index is 1.60. The van der Waals surface area contributed by atoms with Gasteiger partial charge in [0.05, 0.1) is 26.0 Å². The number of benzene rings is 1. The fourth-order valence-electron chi connectivity index (χ4n) is 2.54. The number of thiophene rings is 1. The van der Waals surface area contributed by atoms with Crippen molar-refractivity contribution in [2.45, 2.75) is 11.8 Å². The van der Waals surface area contributed by atoms with Crippen molar-refractivity contribution in [2.24, 2.45) is 5.14 Å². The molecule has 1 aromatic carbocycles. The molecule has 7 nitrogen and oxygen atoms in total. The lowest BCUT2D eigenvalue weighted by molar-refractivity contribution is 0.598. The van der Waals surface area contributed by atoms with E-state index in [2.05, 4.69) is 20.3 Å². The quantitative estimate of drug-likeness (QED) is 0.495. The first-order valence-corrected chi connectivity index (χ1v) is 11.4. The van der Waals surface area contributed by atoms with Crippen molar-refractivity contribution in [1.82, 2.24) is 15.0 Å². The number of nitrogens with two attached hydrogens (primary N) is 1. The van der Waals surface area contributed by atoms with Gasteiger partial charge in [-0.1, -0.05) is 6.07 Å². The summed E-state index contributed by atoms with van der Waals surface area (Å²) >= 11 is 3.24. The molecular formula is C18H15N5O2S3. The molecule has 3 N–H and O–H groups in total. The molecule has 0 fully saturated rings. The van der Waals surface area contributed by atoms with E-state index in [0.29, 0.717) is 11.6 Å². The summed E-state index contributed by atoms with van der Waals surface area (Å²) in [6.07, 6.45) is 1.67. The first kappa shape index (κ1) is 18.7. The van der Waals surface area contributed by atoms with Gasteiger partial charge in [-0.15, -0.1) is 22.7 Å². The Hall–Kier alpha value is -2.66. The van der Waals surface area contributed by atoms with Crippen LogP contribution in [0.3, 0.4) is 0 Å². The second-order valence-corrected chi connectivity index (χ2v) is 9.38. The Morgan fingerprint density at radius 2 is 1.86 bits per heavy atom. The van der Waals surface area contributed by atoms with E-state index in [1.165, 1.54) is 12.1 Å². The number of primary sulfonamides is 1. The molecule has 0 aliphatic rings. The normalized spacial score (nSPS) is 11.5. The minimum absolute atomic E-state index is 0.0501. The number of thiazole rings is 1. The van der Waals surface area contributed by atoms with Gasteiger partial charge in [-0.3, -0.25) is 0 Å². The van der Waals surface area contributed by atoms with E-state index >= 15 is 0 Å². The largest absolute Gasteiger partial charge is 0.324 e. The van der Waals surface area contributed by atoms with Gasteiger partial charge < -0.3 is 5.32 Å². The Morgan fingerprint density at radius 1 is 1.07 bits per heavy atom.